The molecule has 0 amide bonds. The van der Waals surface area contributed by atoms with Gasteiger partial charge < -0.3 is 5.32 Å². The Morgan fingerprint density at radius 3 is 2.44 bits per heavy atom. The van der Waals surface area contributed by atoms with Gasteiger partial charge in [0, 0.05) is 15.8 Å². The maximum Gasteiger partial charge on any atom is 0.0403 e. The molecule has 0 radical (unpaired) electrons. The third-order valence-corrected chi connectivity index (χ3v) is 4.32. The normalized spacial score (nSPS) is 10.4. The zero-order chi connectivity index (χ0) is 13.0. The molecule has 18 heavy (non-hydrogen) atoms. The number of rotatable bonds is 4. The lowest BCUT2D eigenvalue weighted by Crippen LogP contribution is -2.02. The van der Waals surface area contributed by atoms with Crippen molar-refractivity contribution in [3.05, 3.63) is 62.7 Å². The molecule has 1 nitrogen and oxygen atoms in total. The Morgan fingerprint density at radius 2 is 1.78 bits per heavy atom. The van der Waals surface area contributed by atoms with Crippen molar-refractivity contribution in [3.63, 3.8) is 0 Å². The number of hydrogen-bond acceptors (Lipinski definition) is 1. The molecule has 0 heterocycles. The maximum atomic E-state index is 3.50. The molecular weight excluding hydrogens is 333 g/mol. The first-order valence-corrected chi connectivity index (χ1v) is 7.35. The second-order valence-corrected chi connectivity index (χ2v) is 5.60. The van der Waals surface area contributed by atoms with Crippen molar-refractivity contribution in [1.82, 2.24) is 0 Å². The highest BCUT2D eigenvalue weighted by Gasteiger charge is 2.01. The van der Waals surface area contributed by atoms with Crippen molar-refractivity contribution >= 4 is 28.3 Å². The monoisotopic (exact) mass is 351 g/mol. The fourth-order valence-corrected chi connectivity index (χ4v) is 2.49. The van der Waals surface area contributed by atoms with Crippen LogP contribution in [0.15, 0.2) is 42.5 Å². The van der Waals surface area contributed by atoms with Crippen molar-refractivity contribution in [2.45, 2.75) is 26.8 Å². The molecule has 2 rings (SSSR count). The summed E-state index contributed by atoms with van der Waals surface area (Å²) in [7, 11) is 0. The predicted molar refractivity (Wildman–Crippen MR) is 87.0 cm³/mol. The summed E-state index contributed by atoms with van der Waals surface area (Å²) in [5, 5.41) is 3.50. The van der Waals surface area contributed by atoms with Crippen LogP contribution in [0.3, 0.4) is 0 Å². The quantitative estimate of drug-likeness (QED) is 0.782. The van der Waals surface area contributed by atoms with Gasteiger partial charge >= 0.3 is 0 Å². The topological polar surface area (TPSA) is 12.0 Å². The second kappa shape index (κ2) is 6.23. The van der Waals surface area contributed by atoms with Crippen LogP contribution in [-0.2, 0) is 13.0 Å². The number of anilines is 1. The molecule has 2 heteroatoms. The van der Waals surface area contributed by atoms with Gasteiger partial charge in [0.25, 0.3) is 0 Å². The molecule has 1 N–H and O–H groups in total. The molecular formula is C16H18IN. The minimum atomic E-state index is 0.892. The van der Waals surface area contributed by atoms with Crippen molar-refractivity contribution < 1.29 is 0 Å². The maximum absolute atomic E-state index is 3.50. The van der Waals surface area contributed by atoms with E-state index in [4.69, 9.17) is 0 Å². The van der Waals surface area contributed by atoms with Gasteiger partial charge in [-0.25, -0.2) is 0 Å². The standard InChI is InChI=1S/C16H18IN/c1-3-13-6-4-5-7-14(13)11-18-15-9-8-12(2)16(17)10-15/h4-10,18H,3,11H2,1-2H3. The summed E-state index contributed by atoms with van der Waals surface area (Å²) in [5.41, 5.74) is 5.33. The average molecular weight is 351 g/mol. The Balaban J connectivity index is 2.09. The second-order valence-electron chi connectivity index (χ2n) is 4.44. The van der Waals surface area contributed by atoms with Gasteiger partial charge in [-0.3, -0.25) is 0 Å². The number of halogens is 1. The summed E-state index contributed by atoms with van der Waals surface area (Å²) in [6, 6.07) is 15.1. The summed E-state index contributed by atoms with van der Waals surface area (Å²) in [6.07, 6.45) is 1.09. The van der Waals surface area contributed by atoms with Gasteiger partial charge in [0.05, 0.1) is 0 Å². The average Bonchev–Trinajstić information content (AvgIpc) is 2.40. The number of hydrogen-bond donors (Lipinski definition) is 1. The van der Waals surface area contributed by atoms with E-state index in [2.05, 4.69) is 84.2 Å². The van der Waals surface area contributed by atoms with E-state index in [1.807, 2.05) is 0 Å². The smallest absolute Gasteiger partial charge is 0.0403 e. The number of benzene rings is 2. The fourth-order valence-electron chi connectivity index (χ4n) is 1.97. The summed E-state index contributed by atoms with van der Waals surface area (Å²) < 4.78 is 1.31. The van der Waals surface area contributed by atoms with Crippen LogP contribution in [0.25, 0.3) is 0 Å². The van der Waals surface area contributed by atoms with Crippen LogP contribution >= 0.6 is 22.6 Å². The highest BCUT2D eigenvalue weighted by molar-refractivity contribution is 14.1. The zero-order valence-electron chi connectivity index (χ0n) is 10.8. The summed E-state index contributed by atoms with van der Waals surface area (Å²) in [4.78, 5) is 0. The van der Waals surface area contributed by atoms with E-state index in [0.29, 0.717) is 0 Å². The molecule has 0 spiro atoms. The summed E-state index contributed by atoms with van der Waals surface area (Å²) in [6.45, 7) is 5.23. The van der Waals surface area contributed by atoms with Crippen LogP contribution in [0, 0.1) is 10.5 Å². The predicted octanol–water partition coefficient (Wildman–Crippen LogP) is 4.77. The number of aryl methyl sites for hydroxylation is 2. The Bertz CT molecular complexity index is 534. The molecule has 0 aliphatic rings. The van der Waals surface area contributed by atoms with Crippen LogP contribution in [0.1, 0.15) is 23.6 Å². The van der Waals surface area contributed by atoms with E-state index in [1.165, 1.54) is 25.9 Å². The lowest BCUT2D eigenvalue weighted by molar-refractivity contribution is 1.04. The fraction of sp³-hybridized carbons (Fsp3) is 0.250. The molecule has 0 atom stereocenters. The van der Waals surface area contributed by atoms with E-state index < -0.39 is 0 Å². The van der Waals surface area contributed by atoms with Gasteiger partial charge in [0.2, 0.25) is 0 Å². The van der Waals surface area contributed by atoms with Crippen LogP contribution in [0.2, 0.25) is 0 Å². The van der Waals surface area contributed by atoms with E-state index in [9.17, 15) is 0 Å². The molecule has 0 aliphatic heterocycles. The first kappa shape index (κ1) is 13.4. The molecule has 0 saturated heterocycles. The van der Waals surface area contributed by atoms with Gasteiger partial charge in [-0.1, -0.05) is 37.3 Å². The minimum absolute atomic E-state index is 0.892. The third-order valence-electron chi connectivity index (χ3n) is 3.15. The Morgan fingerprint density at radius 1 is 1.06 bits per heavy atom. The first-order chi connectivity index (χ1) is 8.70. The van der Waals surface area contributed by atoms with Gasteiger partial charge in [-0.15, -0.1) is 0 Å². The lowest BCUT2D eigenvalue weighted by Gasteiger charge is -2.11. The van der Waals surface area contributed by atoms with Gasteiger partial charge in [-0.2, -0.15) is 0 Å². The van der Waals surface area contributed by atoms with Gasteiger partial charge in [0.15, 0.2) is 0 Å². The third kappa shape index (κ3) is 3.25. The van der Waals surface area contributed by atoms with E-state index in [-0.39, 0.29) is 0 Å². The van der Waals surface area contributed by atoms with Crippen LogP contribution in [-0.4, -0.2) is 0 Å². The first-order valence-electron chi connectivity index (χ1n) is 6.27. The van der Waals surface area contributed by atoms with Gasteiger partial charge in [0.1, 0.15) is 0 Å². The molecule has 0 bridgehead atoms. The molecule has 0 saturated carbocycles. The van der Waals surface area contributed by atoms with Gasteiger partial charge in [-0.05, 0) is 64.8 Å². The molecule has 0 aliphatic carbocycles. The Hall–Kier alpha value is -1.03. The summed E-state index contributed by atoms with van der Waals surface area (Å²) in [5.74, 6) is 0. The molecule has 94 valence electrons. The van der Waals surface area contributed by atoms with Crippen LogP contribution < -0.4 is 5.32 Å². The minimum Gasteiger partial charge on any atom is -0.381 e. The van der Waals surface area contributed by atoms with Crippen molar-refractivity contribution in [3.8, 4) is 0 Å². The highest BCUT2D eigenvalue weighted by atomic mass is 127. The van der Waals surface area contributed by atoms with E-state index in [0.717, 1.165) is 13.0 Å². The molecule has 2 aromatic rings. The Kier molecular flexibility index (Phi) is 4.64. The van der Waals surface area contributed by atoms with Crippen molar-refractivity contribution in [2.24, 2.45) is 0 Å². The van der Waals surface area contributed by atoms with Crippen LogP contribution in [0.5, 0.6) is 0 Å². The SMILES string of the molecule is CCc1ccccc1CNc1ccc(C)c(I)c1. The Labute approximate surface area is 123 Å². The van der Waals surface area contributed by atoms with Crippen molar-refractivity contribution in [1.29, 1.82) is 0 Å². The summed E-state index contributed by atoms with van der Waals surface area (Å²) >= 11 is 2.38. The van der Waals surface area contributed by atoms with E-state index >= 15 is 0 Å². The lowest BCUT2D eigenvalue weighted by atomic mass is 10.1. The zero-order valence-corrected chi connectivity index (χ0v) is 13.0. The van der Waals surface area contributed by atoms with Crippen molar-refractivity contribution in [2.75, 3.05) is 5.32 Å². The number of nitrogens with one attached hydrogen (secondary N) is 1. The van der Waals surface area contributed by atoms with Crippen LogP contribution in [0.4, 0.5) is 5.69 Å². The van der Waals surface area contributed by atoms with E-state index in [1.54, 1.807) is 0 Å². The molecule has 0 unspecified atom stereocenters. The molecule has 2 aromatic carbocycles. The largest absolute Gasteiger partial charge is 0.381 e. The molecule has 0 aromatic heterocycles. The highest BCUT2D eigenvalue weighted by Crippen LogP contribution is 2.18. The molecule has 0 fully saturated rings.